The fourth-order valence-electron chi connectivity index (χ4n) is 3.06. The highest BCUT2D eigenvalue weighted by Gasteiger charge is 2.37. The molecule has 0 radical (unpaired) electrons. The van der Waals surface area contributed by atoms with Crippen molar-refractivity contribution in [2.75, 3.05) is 0 Å². The molecule has 2 unspecified atom stereocenters. The molecule has 1 aliphatic carbocycles. The monoisotopic (exact) mass is 374 g/mol. The van der Waals surface area contributed by atoms with Gasteiger partial charge in [0.15, 0.2) is 0 Å². The number of aliphatic hydroxyl groups excluding tert-OH is 1. The second-order valence-electron chi connectivity index (χ2n) is 5.95. The third-order valence-electron chi connectivity index (χ3n) is 4.25. The summed E-state index contributed by atoms with van der Waals surface area (Å²) in [6, 6.07) is 6.02. The third-order valence-corrected chi connectivity index (χ3v) is 5.46. The second-order valence-corrected chi connectivity index (χ2v) is 7.72. The molecule has 0 spiro atoms. The van der Waals surface area contributed by atoms with Crippen LogP contribution in [-0.4, -0.2) is 5.11 Å². The van der Waals surface area contributed by atoms with Gasteiger partial charge in [-0.2, -0.15) is 0 Å². The molecule has 2 rings (SSSR count). The van der Waals surface area contributed by atoms with E-state index in [4.69, 9.17) is 0 Å². The Bertz CT molecular complexity index is 429. The maximum Gasteiger partial charge on any atom is 0.0834 e. The average molecular weight is 376 g/mol. The Morgan fingerprint density at radius 1 is 1.28 bits per heavy atom. The number of halogens is 2. The Balaban J connectivity index is 2.29. The molecule has 0 saturated heterocycles. The van der Waals surface area contributed by atoms with Gasteiger partial charge in [0.2, 0.25) is 0 Å². The predicted molar refractivity (Wildman–Crippen MR) is 82.5 cm³/mol. The van der Waals surface area contributed by atoms with E-state index in [1.165, 1.54) is 19.3 Å². The topological polar surface area (TPSA) is 20.2 Å². The summed E-state index contributed by atoms with van der Waals surface area (Å²) in [5.41, 5.74) is 1.23. The molecule has 1 aliphatic rings. The van der Waals surface area contributed by atoms with Crippen LogP contribution in [0.1, 0.15) is 51.2 Å². The average Bonchev–Trinajstić information content (AvgIpc) is 2.31. The first kappa shape index (κ1) is 14.5. The van der Waals surface area contributed by atoms with E-state index in [0.29, 0.717) is 5.92 Å². The Morgan fingerprint density at radius 3 is 2.67 bits per heavy atom. The summed E-state index contributed by atoms with van der Waals surface area (Å²) in [5, 5.41) is 10.7. The molecule has 0 heterocycles. The minimum Gasteiger partial charge on any atom is -0.388 e. The van der Waals surface area contributed by atoms with E-state index in [1.807, 2.05) is 18.2 Å². The molecule has 0 aliphatic heterocycles. The van der Waals surface area contributed by atoms with Gasteiger partial charge in [0, 0.05) is 8.95 Å². The van der Waals surface area contributed by atoms with E-state index < -0.39 is 0 Å². The quantitative estimate of drug-likeness (QED) is 0.727. The van der Waals surface area contributed by atoms with Crippen molar-refractivity contribution in [1.29, 1.82) is 0 Å². The molecule has 1 nitrogen and oxygen atoms in total. The van der Waals surface area contributed by atoms with E-state index in [1.54, 1.807) is 0 Å². The van der Waals surface area contributed by atoms with Crippen molar-refractivity contribution in [3.05, 3.63) is 32.7 Å². The highest BCUT2D eigenvalue weighted by atomic mass is 79.9. The zero-order valence-corrected chi connectivity index (χ0v) is 14.1. The zero-order chi connectivity index (χ0) is 13.3. The van der Waals surface area contributed by atoms with Crippen LogP contribution in [-0.2, 0) is 0 Å². The van der Waals surface area contributed by atoms with Crippen molar-refractivity contribution < 1.29 is 5.11 Å². The minimum absolute atomic E-state index is 0.222. The molecule has 1 aromatic rings. The Morgan fingerprint density at radius 2 is 2.00 bits per heavy atom. The van der Waals surface area contributed by atoms with Crippen LogP contribution in [0.4, 0.5) is 0 Å². The molecule has 1 fully saturated rings. The summed E-state index contributed by atoms with van der Waals surface area (Å²) in [4.78, 5) is 0. The highest BCUT2D eigenvalue weighted by molar-refractivity contribution is 9.11. The largest absolute Gasteiger partial charge is 0.388 e. The molecule has 1 N–H and O–H groups in total. The molecule has 1 aromatic carbocycles. The summed E-state index contributed by atoms with van der Waals surface area (Å²) in [6.45, 7) is 4.57. The number of aliphatic hydroxyl groups is 1. The first-order valence-corrected chi connectivity index (χ1v) is 8.13. The molecule has 100 valence electrons. The maximum atomic E-state index is 10.7. The molecule has 2 atom stereocenters. The number of hydrogen-bond acceptors (Lipinski definition) is 1. The summed E-state index contributed by atoms with van der Waals surface area (Å²) >= 11 is 7.04. The SMILES string of the molecule is CC1(C)CCCCC1C(O)c1cc(Br)ccc1Br. The first-order valence-electron chi connectivity index (χ1n) is 6.55. The van der Waals surface area contributed by atoms with Gasteiger partial charge < -0.3 is 5.11 Å². The second kappa shape index (κ2) is 5.64. The lowest BCUT2D eigenvalue weighted by molar-refractivity contribution is 0.00344. The van der Waals surface area contributed by atoms with E-state index >= 15 is 0 Å². The fraction of sp³-hybridized carbons (Fsp3) is 0.600. The lowest BCUT2D eigenvalue weighted by Gasteiger charge is -2.41. The number of rotatable bonds is 2. The fourth-order valence-corrected chi connectivity index (χ4v) is 3.92. The van der Waals surface area contributed by atoms with Crippen LogP contribution in [0.25, 0.3) is 0 Å². The van der Waals surface area contributed by atoms with Crippen molar-refractivity contribution in [2.24, 2.45) is 11.3 Å². The predicted octanol–water partition coefficient (Wildman–Crippen LogP) is 5.46. The van der Waals surface area contributed by atoms with Gasteiger partial charge in [-0.1, -0.05) is 58.5 Å². The first-order chi connectivity index (χ1) is 8.42. The molecular formula is C15H20Br2O. The number of hydrogen-bond donors (Lipinski definition) is 1. The summed E-state index contributed by atoms with van der Waals surface area (Å²) in [7, 11) is 0. The molecule has 0 aromatic heterocycles. The molecule has 0 bridgehead atoms. The normalized spacial score (nSPS) is 24.8. The molecule has 1 saturated carbocycles. The van der Waals surface area contributed by atoms with Gasteiger partial charge in [0.1, 0.15) is 0 Å². The van der Waals surface area contributed by atoms with Crippen LogP contribution in [0.5, 0.6) is 0 Å². The standard InChI is InChI=1S/C15H20Br2O/c1-15(2)8-4-3-5-12(15)14(18)11-9-10(16)6-7-13(11)17/h6-7,9,12,14,18H,3-5,8H2,1-2H3. The summed E-state index contributed by atoms with van der Waals surface area (Å²) in [6.07, 6.45) is 4.47. The lowest BCUT2D eigenvalue weighted by Crippen LogP contribution is -2.32. The Hall–Kier alpha value is 0.140. The van der Waals surface area contributed by atoms with Gasteiger partial charge in [-0.3, -0.25) is 0 Å². The van der Waals surface area contributed by atoms with Gasteiger partial charge in [-0.25, -0.2) is 0 Å². The maximum absolute atomic E-state index is 10.7. The lowest BCUT2D eigenvalue weighted by atomic mass is 9.65. The Kier molecular flexibility index (Phi) is 4.56. The van der Waals surface area contributed by atoms with E-state index in [0.717, 1.165) is 20.9 Å². The van der Waals surface area contributed by atoms with Crippen LogP contribution in [0.15, 0.2) is 27.1 Å². The van der Waals surface area contributed by atoms with Crippen molar-refractivity contribution >= 4 is 31.9 Å². The molecule has 3 heteroatoms. The minimum atomic E-state index is -0.382. The number of benzene rings is 1. The van der Waals surface area contributed by atoms with Crippen LogP contribution >= 0.6 is 31.9 Å². The summed E-state index contributed by atoms with van der Waals surface area (Å²) in [5.74, 6) is 0.344. The van der Waals surface area contributed by atoms with Gasteiger partial charge >= 0.3 is 0 Å². The Labute approximate surface area is 126 Å². The van der Waals surface area contributed by atoms with Gasteiger partial charge in [0.25, 0.3) is 0 Å². The van der Waals surface area contributed by atoms with Crippen molar-refractivity contribution in [2.45, 2.75) is 45.6 Å². The summed E-state index contributed by atoms with van der Waals surface area (Å²) < 4.78 is 2.02. The smallest absolute Gasteiger partial charge is 0.0834 e. The highest BCUT2D eigenvalue weighted by Crippen LogP contribution is 2.47. The zero-order valence-electron chi connectivity index (χ0n) is 10.9. The van der Waals surface area contributed by atoms with Crippen molar-refractivity contribution in [3.63, 3.8) is 0 Å². The van der Waals surface area contributed by atoms with Crippen molar-refractivity contribution in [1.82, 2.24) is 0 Å². The third kappa shape index (κ3) is 3.00. The molecule has 18 heavy (non-hydrogen) atoms. The van der Waals surface area contributed by atoms with Crippen LogP contribution in [0, 0.1) is 11.3 Å². The molecule has 0 amide bonds. The van der Waals surface area contributed by atoms with Crippen LogP contribution < -0.4 is 0 Å². The van der Waals surface area contributed by atoms with Gasteiger partial charge in [0.05, 0.1) is 6.10 Å². The van der Waals surface area contributed by atoms with E-state index in [9.17, 15) is 5.11 Å². The van der Waals surface area contributed by atoms with E-state index in [-0.39, 0.29) is 11.5 Å². The van der Waals surface area contributed by atoms with E-state index in [2.05, 4.69) is 45.7 Å². The van der Waals surface area contributed by atoms with Gasteiger partial charge in [-0.15, -0.1) is 0 Å². The molecular weight excluding hydrogens is 356 g/mol. The van der Waals surface area contributed by atoms with Crippen LogP contribution in [0.3, 0.4) is 0 Å². The van der Waals surface area contributed by atoms with Crippen LogP contribution in [0.2, 0.25) is 0 Å². The van der Waals surface area contributed by atoms with Gasteiger partial charge in [-0.05, 0) is 47.9 Å². The van der Waals surface area contributed by atoms with Crippen molar-refractivity contribution in [3.8, 4) is 0 Å².